The summed E-state index contributed by atoms with van der Waals surface area (Å²) in [7, 11) is 1.71. The average Bonchev–Trinajstić information content (AvgIpc) is 3.33. The fourth-order valence-corrected chi connectivity index (χ4v) is 5.46. The summed E-state index contributed by atoms with van der Waals surface area (Å²) in [5.74, 6) is 1.62. The topological polar surface area (TPSA) is 71.7 Å². The lowest BCUT2D eigenvalue weighted by molar-refractivity contribution is -0.00381. The van der Waals surface area contributed by atoms with Gasteiger partial charge in [0, 0.05) is 24.1 Å². The highest BCUT2D eigenvalue weighted by atomic mass is 16.6. The molecule has 4 fully saturated rings. The van der Waals surface area contributed by atoms with Gasteiger partial charge in [-0.15, -0.1) is 0 Å². The summed E-state index contributed by atoms with van der Waals surface area (Å²) in [6.45, 7) is 4.67. The van der Waals surface area contributed by atoms with E-state index in [0.29, 0.717) is 29.9 Å². The molecule has 3 atom stereocenters. The van der Waals surface area contributed by atoms with Crippen LogP contribution in [-0.2, 0) is 0 Å². The van der Waals surface area contributed by atoms with Crippen LogP contribution in [-0.4, -0.2) is 64.8 Å². The van der Waals surface area contributed by atoms with Gasteiger partial charge in [-0.2, -0.15) is 0 Å². The van der Waals surface area contributed by atoms with Gasteiger partial charge in [-0.25, -0.2) is 4.63 Å². The lowest BCUT2D eigenvalue weighted by Gasteiger charge is -2.51. The van der Waals surface area contributed by atoms with Crippen LogP contribution in [0.5, 0.6) is 5.75 Å². The van der Waals surface area contributed by atoms with Crippen molar-refractivity contribution in [2.75, 3.05) is 26.7 Å². The summed E-state index contributed by atoms with van der Waals surface area (Å²) in [4.78, 5) is 17.9. The van der Waals surface area contributed by atoms with Crippen molar-refractivity contribution in [3.63, 3.8) is 0 Å². The Hall–Kier alpha value is -2.41. The molecule has 2 aromatic rings. The minimum atomic E-state index is -0.0603. The molecule has 4 saturated heterocycles. The number of carbonyl (C=O) groups excluding carboxylic acids is 1. The molecule has 0 radical (unpaired) electrons. The largest absolute Gasteiger partial charge is 0.496 e. The molecule has 4 aliphatic rings. The number of aryl methyl sites for hydroxylation is 1. The molecular weight excluding hydrogens is 344 g/mol. The minimum absolute atomic E-state index is 0.0603. The fraction of sp³-hybridized carbons (Fsp3) is 0.550. The molecule has 142 valence electrons. The Kier molecular flexibility index (Phi) is 3.93. The first-order valence-electron chi connectivity index (χ1n) is 9.66. The molecule has 1 aromatic carbocycles. The van der Waals surface area contributed by atoms with Crippen molar-refractivity contribution in [3.05, 3.63) is 41.2 Å². The van der Waals surface area contributed by atoms with E-state index >= 15 is 0 Å². The van der Waals surface area contributed by atoms with Crippen molar-refractivity contribution in [3.8, 4) is 5.75 Å². The number of hydrogen-bond acceptors (Lipinski definition) is 6. The monoisotopic (exact) mass is 368 g/mol. The van der Waals surface area contributed by atoms with E-state index in [-0.39, 0.29) is 17.9 Å². The normalized spacial score (nSPS) is 31.8. The minimum Gasteiger partial charge on any atom is -0.496 e. The number of aromatic nitrogens is 2. The summed E-state index contributed by atoms with van der Waals surface area (Å²) in [6.07, 6.45) is 2.30. The van der Waals surface area contributed by atoms with Crippen LogP contribution in [0.2, 0.25) is 0 Å². The molecule has 4 aliphatic heterocycles. The van der Waals surface area contributed by atoms with Crippen molar-refractivity contribution in [2.45, 2.75) is 37.8 Å². The second-order valence-corrected chi connectivity index (χ2v) is 7.86. The van der Waals surface area contributed by atoms with E-state index in [1.165, 1.54) is 5.56 Å². The number of piperidine rings is 3. The van der Waals surface area contributed by atoms with Gasteiger partial charge in [0.05, 0.1) is 13.2 Å². The van der Waals surface area contributed by atoms with E-state index < -0.39 is 0 Å². The fourth-order valence-electron chi connectivity index (χ4n) is 5.46. The van der Waals surface area contributed by atoms with E-state index in [0.717, 1.165) is 31.7 Å². The van der Waals surface area contributed by atoms with Gasteiger partial charge in [0.15, 0.2) is 5.69 Å². The van der Waals surface area contributed by atoms with Crippen molar-refractivity contribution in [1.82, 2.24) is 20.1 Å². The molecule has 1 aromatic heterocycles. The first-order valence-corrected chi connectivity index (χ1v) is 9.66. The van der Waals surface area contributed by atoms with Crippen LogP contribution in [0, 0.1) is 12.8 Å². The highest BCUT2D eigenvalue weighted by molar-refractivity contribution is 5.93. The van der Waals surface area contributed by atoms with Crippen molar-refractivity contribution in [2.24, 2.45) is 5.92 Å². The molecule has 0 aliphatic carbocycles. The number of nitrogens with zero attached hydrogens (tertiary/aromatic N) is 4. The quantitative estimate of drug-likeness (QED) is 0.826. The van der Waals surface area contributed by atoms with E-state index in [1.54, 1.807) is 14.0 Å². The zero-order chi connectivity index (χ0) is 18.5. The second kappa shape index (κ2) is 6.34. The van der Waals surface area contributed by atoms with Crippen LogP contribution < -0.4 is 4.74 Å². The highest BCUT2D eigenvalue weighted by Gasteiger charge is 2.55. The SMILES string of the molecule is COc1ccccc1[C@H]1CN(C(=O)c2nonc2C)[C@@H]2C3CCN(CC3)[C@H]12. The maximum Gasteiger partial charge on any atom is 0.278 e. The summed E-state index contributed by atoms with van der Waals surface area (Å²) < 4.78 is 10.4. The Bertz CT molecular complexity index is 858. The number of methoxy groups -OCH3 is 1. The Morgan fingerprint density at radius 1 is 1.19 bits per heavy atom. The van der Waals surface area contributed by atoms with Gasteiger partial charge in [0.25, 0.3) is 5.91 Å². The van der Waals surface area contributed by atoms with Crippen LogP contribution in [0.25, 0.3) is 0 Å². The zero-order valence-corrected chi connectivity index (χ0v) is 15.7. The van der Waals surface area contributed by atoms with Crippen LogP contribution in [0.15, 0.2) is 28.9 Å². The lowest BCUT2D eigenvalue weighted by Crippen LogP contribution is -2.60. The third-order valence-corrected chi connectivity index (χ3v) is 6.65. The van der Waals surface area contributed by atoms with Gasteiger partial charge in [-0.3, -0.25) is 9.69 Å². The zero-order valence-electron chi connectivity index (χ0n) is 15.7. The number of benzene rings is 1. The lowest BCUT2D eigenvalue weighted by atomic mass is 9.75. The van der Waals surface area contributed by atoms with Gasteiger partial charge < -0.3 is 9.64 Å². The Morgan fingerprint density at radius 2 is 1.96 bits per heavy atom. The van der Waals surface area contributed by atoms with Crippen molar-refractivity contribution in [1.29, 1.82) is 0 Å². The van der Waals surface area contributed by atoms with E-state index in [2.05, 4.69) is 27.3 Å². The molecule has 0 unspecified atom stereocenters. The number of hydrogen-bond donors (Lipinski definition) is 0. The molecule has 0 saturated carbocycles. The molecule has 7 heteroatoms. The van der Waals surface area contributed by atoms with E-state index in [1.807, 2.05) is 17.0 Å². The Morgan fingerprint density at radius 3 is 2.67 bits per heavy atom. The summed E-state index contributed by atoms with van der Waals surface area (Å²) in [5.41, 5.74) is 2.08. The standard InChI is InChI=1S/C20H24N4O3/c1-12-17(22-27-21-12)20(25)24-11-15(14-5-3-4-6-16(14)26-2)19-18(24)13-7-9-23(19)10-8-13/h3-6,13,15,18-19H,7-11H2,1-2H3/t15-,18-,19-/m1/s1. The predicted molar refractivity (Wildman–Crippen MR) is 97.7 cm³/mol. The number of carbonyl (C=O) groups is 1. The first kappa shape index (κ1) is 16.7. The van der Waals surface area contributed by atoms with Gasteiger partial charge in [0.1, 0.15) is 11.4 Å². The number of rotatable bonds is 3. The number of ether oxygens (including phenoxy) is 1. The molecule has 1 amide bonds. The molecule has 0 N–H and O–H groups in total. The van der Waals surface area contributed by atoms with Crippen LogP contribution in [0.4, 0.5) is 0 Å². The van der Waals surface area contributed by atoms with E-state index in [4.69, 9.17) is 9.37 Å². The first-order chi connectivity index (χ1) is 13.2. The molecule has 6 rings (SSSR count). The molecule has 27 heavy (non-hydrogen) atoms. The van der Waals surface area contributed by atoms with Gasteiger partial charge in [-0.05, 0) is 50.0 Å². The van der Waals surface area contributed by atoms with Crippen molar-refractivity contribution >= 4 is 5.91 Å². The third-order valence-electron chi connectivity index (χ3n) is 6.65. The third kappa shape index (κ3) is 2.48. The van der Waals surface area contributed by atoms with Gasteiger partial charge >= 0.3 is 0 Å². The maximum atomic E-state index is 13.3. The Labute approximate surface area is 158 Å². The molecule has 7 nitrogen and oxygen atoms in total. The summed E-state index contributed by atoms with van der Waals surface area (Å²) in [6, 6.07) is 8.75. The van der Waals surface area contributed by atoms with Gasteiger partial charge in [-0.1, -0.05) is 23.4 Å². The number of likely N-dealkylation sites (tertiary alicyclic amines) is 1. The average molecular weight is 368 g/mol. The van der Waals surface area contributed by atoms with Crippen LogP contribution >= 0.6 is 0 Å². The molecule has 2 bridgehead atoms. The molecule has 0 spiro atoms. The van der Waals surface area contributed by atoms with Gasteiger partial charge in [0.2, 0.25) is 0 Å². The number of para-hydroxylation sites is 1. The van der Waals surface area contributed by atoms with Crippen LogP contribution in [0.3, 0.4) is 0 Å². The summed E-state index contributed by atoms with van der Waals surface area (Å²) in [5, 5.41) is 7.68. The number of amides is 1. The molecule has 5 heterocycles. The second-order valence-electron chi connectivity index (χ2n) is 7.86. The maximum absolute atomic E-state index is 13.3. The number of fused-ring (bicyclic) bond motifs is 2. The highest BCUT2D eigenvalue weighted by Crippen LogP contribution is 2.48. The smallest absolute Gasteiger partial charge is 0.278 e. The summed E-state index contributed by atoms with van der Waals surface area (Å²) >= 11 is 0. The van der Waals surface area contributed by atoms with Crippen molar-refractivity contribution < 1.29 is 14.2 Å². The van der Waals surface area contributed by atoms with Crippen LogP contribution in [0.1, 0.15) is 40.5 Å². The molecular formula is C20H24N4O3. The Balaban J connectivity index is 1.56. The predicted octanol–water partition coefficient (Wildman–Crippen LogP) is 2.09. The van der Waals surface area contributed by atoms with E-state index in [9.17, 15) is 4.79 Å².